The minimum absolute atomic E-state index is 0.0884. The molecule has 1 aromatic rings. The second-order valence-electron chi connectivity index (χ2n) is 4.53. The number of thiophene rings is 1. The predicted molar refractivity (Wildman–Crippen MR) is 65.0 cm³/mol. The molecule has 0 spiro atoms. The molecule has 6 heteroatoms. The second-order valence-corrected chi connectivity index (χ2v) is 5.44. The third kappa shape index (κ3) is 1.73. The maximum absolute atomic E-state index is 12.2. The van der Waals surface area contributed by atoms with Gasteiger partial charge in [-0.2, -0.15) is 0 Å². The minimum Gasteiger partial charge on any atom is -0.322 e. The third-order valence-electron chi connectivity index (χ3n) is 3.37. The average Bonchev–Trinajstić information content (AvgIpc) is 2.84. The van der Waals surface area contributed by atoms with Gasteiger partial charge in [-0.3, -0.25) is 19.7 Å². The first-order valence-electron chi connectivity index (χ1n) is 5.88. The summed E-state index contributed by atoms with van der Waals surface area (Å²) in [5, 5.41) is 4.23. The summed E-state index contributed by atoms with van der Waals surface area (Å²) in [6, 6.07) is 1.40. The number of nitrogens with one attached hydrogen (secondary N) is 1. The van der Waals surface area contributed by atoms with E-state index in [1.165, 1.54) is 11.3 Å². The van der Waals surface area contributed by atoms with Crippen LogP contribution < -0.4 is 5.32 Å². The fraction of sp³-hybridized carbons (Fsp3) is 0.417. The summed E-state index contributed by atoms with van der Waals surface area (Å²) in [5.41, 5.74) is 0.980. The maximum atomic E-state index is 12.2. The first-order chi connectivity index (χ1) is 8.66. The molecule has 5 nitrogen and oxygen atoms in total. The van der Waals surface area contributed by atoms with E-state index >= 15 is 0 Å². The van der Waals surface area contributed by atoms with Crippen LogP contribution in [-0.4, -0.2) is 28.7 Å². The molecular formula is C12H12N2O3S. The number of amides is 3. The van der Waals surface area contributed by atoms with Gasteiger partial charge in [-0.1, -0.05) is 0 Å². The van der Waals surface area contributed by atoms with Crippen LogP contribution in [0.2, 0.25) is 0 Å². The lowest BCUT2D eigenvalue weighted by Gasteiger charge is -2.24. The zero-order valence-corrected chi connectivity index (χ0v) is 10.5. The summed E-state index contributed by atoms with van der Waals surface area (Å²) in [5.74, 6) is -0.681. The van der Waals surface area contributed by atoms with E-state index in [0.29, 0.717) is 25.8 Å². The Balaban J connectivity index is 1.84. The highest BCUT2D eigenvalue weighted by molar-refractivity contribution is 7.12. The highest BCUT2D eigenvalue weighted by Gasteiger charge is 2.38. The zero-order valence-electron chi connectivity index (χ0n) is 9.64. The molecule has 0 bridgehead atoms. The SMILES string of the molecule is O=C1CCCC(N2Cc3ccsc3C2=O)C(=O)N1. The number of rotatable bonds is 1. The van der Waals surface area contributed by atoms with Gasteiger partial charge in [0.1, 0.15) is 6.04 Å². The fourth-order valence-electron chi connectivity index (χ4n) is 2.45. The summed E-state index contributed by atoms with van der Waals surface area (Å²) in [6.07, 6.45) is 1.55. The first kappa shape index (κ1) is 11.4. The quantitative estimate of drug-likeness (QED) is 0.766. The molecule has 1 aromatic heterocycles. The van der Waals surface area contributed by atoms with E-state index < -0.39 is 6.04 Å². The van der Waals surface area contributed by atoms with Crippen molar-refractivity contribution in [3.63, 3.8) is 0 Å². The van der Waals surface area contributed by atoms with Crippen molar-refractivity contribution >= 4 is 29.1 Å². The maximum Gasteiger partial charge on any atom is 0.265 e. The molecule has 2 aliphatic rings. The standard InChI is InChI=1S/C12H12N2O3S/c15-9-3-1-2-8(11(16)13-9)14-6-7-4-5-18-10(7)12(14)17/h4-5,8H,1-3,6H2,(H,13,15,16). The van der Waals surface area contributed by atoms with Gasteiger partial charge < -0.3 is 4.90 Å². The fourth-order valence-corrected chi connectivity index (χ4v) is 3.32. The first-order valence-corrected chi connectivity index (χ1v) is 6.76. The van der Waals surface area contributed by atoms with Crippen molar-refractivity contribution in [3.8, 4) is 0 Å². The summed E-state index contributed by atoms with van der Waals surface area (Å²) < 4.78 is 0. The Morgan fingerprint density at radius 3 is 2.94 bits per heavy atom. The van der Waals surface area contributed by atoms with Gasteiger partial charge in [0.25, 0.3) is 5.91 Å². The number of nitrogens with zero attached hydrogens (tertiary/aromatic N) is 1. The van der Waals surface area contributed by atoms with Crippen LogP contribution in [0.1, 0.15) is 34.5 Å². The van der Waals surface area contributed by atoms with Gasteiger partial charge in [0.2, 0.25) is 11.8 Å². The van der Waals surface area contributed by atoms with Gasteiger partial charge in [0.15, 0.2) is 0 Å². The Bertz CT molecular complexity index is 537. The van der Waals surface area contributed by atoms with Crippen LogP contribution in [0.5, 0.6) is 0 Å². The summed E-state index contributed by atoms with van der Waals surface area (Å²) >= 11 is 1.41. The van der Waals surface area contributed by atoms with Crippen molar-refractivity contribution in [2.75, 3.05) is 0 Å². The zero-order chi connectivity index (χ0) is 12.7. The molecule has 1 fully saturated rings. The molecule has 1 N–H and O–H groups in total. The number of hydrogen-bond donors (Lipinski definition) is 1. The average molecular weight is 264 g/mol. The predicted octanol–water partition coefficient (Wildman–Crippen LogP) is 0.899. The van der Waals surface area contributed by atoms with Gasteiger partial charge >= 0.3 is 0 Å². The lowest BCUT2D eigenvalue weighted by Crippen LogP contribution is -2.46. The van der Waals surface area contributed by atoms with E-state index in [2.05, 4.69) is 5.32 Å². The molecule has 0 saturated carbocycles. The molecule has 2 aliphatic heterocycles. The Morgan fingerprint density at radius 2 is 2.17 bits per heavy atom. The van der Waals surface area contributed by atoms with Crippen LogP contribution in [0.25, 0.3) is 0 Å². The molecule has 94 valence electrons. The molecule has 3 rings (SSSR count). The van der Waals surface area contributed by atoms with Crippen LogP contribution in [0.3, 0.4) is 0 Å². The molecule has 0 aliphatic carbocycles. The molecule has 18 heavy (non-hydrogen) atoms. The van der Waals surface area contributed by atoms with E-state index in [0.717, 1.165) is 10.4 Å². The lowest BCUT2D eigenvalue weighted by molar-refractivity contribution is -0.132. The molecule has 0 aromatic carbocycles. The lowest BCUT2D eigenvalue weighted by atomic mass is 10.1. The Labute approximate surface area is 108 Å². The van der Waals surface area contributed by atoms with Crippen LogP contribution >= 0.6 is 11.3 Å². The highest BCUT2D eigenvalue weighted by atomic mass is 32.1. The Kier molecular flexibility index (Phi) is 2.66. The topological polar surface area (TPSA) is 66.5 Å². The number of fused-ring (bicyclic) bond motifs is 1. The summed E-state index contributed by atoms with van der Waals surface area (Å²) in [4.78, 5) is 37.6. The van der Waals surface area contributed by atoms with E-state index in [1.807, 2.05) is 11.4 Å². The highest BCUT2D eigenvalue weighted by Crippen LogP contribution is 2.30. The Morgan fingerprint density at radius 1 is 1.33 bits per heavy atom. The van der Waals surface area contributed by atoms with Crippen molar-refractivity contribution in [2.45, 2.75) is 31.8 Å². The molecule has 0 radical (unpaired) electrons. The van der Waals surface area contributed by atoms with Gasteiger partial charge in [0.05, 0.1) is 4.88 Å². The summed E-state index contributed by atoms with van der Waals surface area (Å²) in [6.45, 7) is 0.476. The number of carbonyl (C=O) groups is 3. The number of carbonyl (C=O) groups excluding carboxylic acids is 3. The van der Waals surface area contributed by atoms with Gasteiger partial charge in [-0.05, 0) is 29.9 Å². The van der Waals surface area contributed by atoms with Crippen molar-refractivity contribution in [3.05, 3.63) is 21.9 Å². The van der Waals surface area contributed by atoms with E-state index in [9.17, 15) is 14.4 Å². The molecule has 1 atom stereocenters. The van der Waals surface area contributed by atoms with Crippen LogP contribution in [0.15, 0.2) is 11.4 Å². The minimum atomic E-state index is -0.511. The van der Waals surface area contributed by atoms with Crippen LogP contribution in [-0.2, 0) is 16.1 Å². The normalized spacial score (nSPS) is 23.9. The van der Waals surface area contributed by atoms with Gasteiger partial charge in [-0.15, -0.1) is 11.3 Å². The van der Waals surface area contributed by atoms with Crippen molar-refractivity contribution in [1.29, 1.82) is 0 Å². The van der Waals surface area contributed by atoms with Crippen molar-refractivity contribution in [2.24, 2.45) is 0 Å². The smallest absolute Gasteiger partial charge is 0.265 e. The summed E-state index contributed by atoms with van der Waals surface area (Å²) in [7, 11) is 0. The third-order valence-corrected chi connectivity index (χ3v) is 4.31. The number of imide groups is 1. The molecule has 1 saturated heterocycles. The van der Waals surface area contributed by atoms with E-state index in [1.54, 1.807) is 4.90 Å². The second kappa shape index (κ2) is 4.20. The van der Waals surface area contributed by atoms with Crippen molar-refractivity contribution < 1.29 is 14.4 Å². The largest absolute Gasteiger partial charge is 0.322 e. The van der Waals surface area contributed by atoms with E-state index in [4.69, 9.17) is 0 Å². The number of hydrogen-bond acceptors (Lipinski definition) is 4. The molecule has 3 amide bonds. The molecule has 3 heterocycles. The van der Waals surface area contributed by atoms with E-state index in [-0.39, 0.29) is 17.7 Å². The van der Waals surface area contributed by atoms with Gasteiger partial charge in [-0.25, -0.2) is 0 Å². The molecule has 1 unspecified atom stereocenters. The van der Waals surface area contributed by atoms with Crippen molar-refractivity contribution in [1.82, 2.24) is 10.2 Å². The van der Waals surface area contributed by atoms with Crippen LogP contribution in [0.4, 0.5) is 0 Å². The van der Waals surface area contributed by atoms with Crippen LogP contribution in [0, 0.1) is 0 Å². The Hall–Kier alpha value is -1.69. The van der Waals surface area contributed by atoms with Gasteiger partial charge in [0, 0.05) is 13.0 Å². The monoisotopic (exact) mass is 264 g/mol. The molecular weight excluding hydrogens is 252 g/mol.